The van der Waals surface area contributed by atoms with Gasteiger partial charge in [-0.25, -0.2) is 17.6 Å². The van der Waals surface area contributed by atoms with Crippen LogP contribution in [0.2, 0.25) is 0 Å². The molecule has 2 N–H and O–H groups in total. The second-order valence-corrected chi connectivity index (χ2v) is 9.10. The topological polar surface area (TPSA) is 78.5 Å². The average molecular weight is 420 g/mol. The fourth-order valence-corrected chi connectivity index (χ4v) is 5.35. The number of anilines is 1. The molecule has 0 saturated carbocycles. The molecule has 1 saturated heterocycles. The number of aryl methyl sites for hydroxylation is 1. The smallest absolute Gasteiger partial charge is 0.319 e. The van der Waals surface area contributed by atoms with Crippen LogP contribution in [0.15, 0.2) is 53.4 Å². The first kappa shape index (κ1) is 21.3. The molecule has 1 fully saturated rings. The molecule has 29 heavy (non-hydrogen) atoms. The lowest BCUT2D eigenvalue weighted by Gasteiger charge is -2.34. The van der Waals surface area contributed by atoms with Gasteiger partial charge in [0.2, 0.25) is 10.0 Å². The number of benzene rings is 2. The van der Waals surface area contributed by atoms with Crippen LogP contribution < -0.4 is 10.6 Å². The minimum Gasteiger partial charge on any atom is -0.338 e. The van der Waals surface area contributed by atoms with Gasteiger partial charge in [0.1, 0.15) is 5.82 Å². The molecule has 0 bridgehead atoms. The molecule has 0 aliphatic carbocycles. The highest BCUT2D eigenvalue weighted by Crippen LogP contribution is 2.27. The van der Waals surface area contributed by atoms with Crippen LogP contribution in [0.25, 0.3) is 0 Å². The van der Waals surface area contributed by atoms with Crippen molar-refractivity contribution in [1.29, 1.82) is 0 Å². The molecule has 0 aromatic heterocycles. The van der Waals surface area contributed by atoms with Crippen molar-refractivity contribution in [2.45, 2.75) is 43.5 Å². The van der Waals surface area contributed by atoms with Crippen LogP contribution in [0, 0.1) is 12.7 Å². The van der Waals surface area contributed by atoms with E-state index in [1.807, 2.05) is 18.2 Å². The van der Waals surface area contributed by atoms with Crippen LogP contribution in [0.5, 0.6) is 0 Å². The predicted molar refractivity (Wildman–Crippen MR) is 111 cm³/mol. The van der Waals surface area contributed by atoms with Crippen LogP contribution in [0.4, 0.5) is 14.9 Å². The molecule has 2 amide bonds. The van der Waals surface area contributed by atoms with Crippen molar-refractivity contribution in [2.24, 2.45) is 0 Å². The fourth-order valence-electron chi connectivity index (χ4n) is 3.54. The van der Waals surface area contributed by atoms with Crippen molar-refractivity contribution >= 4 is 21.7 Å². The van der Waals surface area contributed by atoms with Crippen molar-refractivity contribution in [3.05, 3.63) is 59.9 Å². The zero-order valence-electron chi connectivity index (χ0n) is 16.4. The van der Waals surface area contributed by atoms with E-state index in [1.54, 1.807) is 19.1 Å². The Morgan fingerprint density at radius 3 is 2.66 bits per heavy atom. The second kappa shape index (κ2) is 9.37. The molecule has 1 unspecified atom stereocenters. The van der Waals surface area contributed by atoms with Crippen molar-refractivity contribution < 1.29 is 17.6 Å². The summed E-state index contributed by atoms with van der Waals surface area (Å²) in [6.45, 7) is 2.34. The van der Waals surface area contributed by atoms with E-state index in [0.717, 1.165) is 19.3 Å². The van der Waals surface area contributed by atoms with Crippen LogP contribution >= 0.6 is 0 Å². The summed E-state index contributed by atoms with van der Waals surface area (Å²) in [5.74, 6) is -0.423. The highest BCUT2D eigenvalue weighted by atomic mass is 32.2. The third-order valence-corrected chi connectivity index (χ3v) is 7.05. The van der Waals surface area contributed by atoms with Crippen LogP contribution in [-0.4, -0.2) is 37.9 Å². The number of halogens is 1. The van der Waals surface area contributed by atoms with Gasteiger partial charge in [0.25, 0.3) is 0 Å². The van der Waals surface area contributed by atoms with Gasteiger partial charge in [-0.1, -0.05) is 24.6 Å². The maximum Gasteiger partial charge on any atom is 0.319 e. The van der Waals surface area contributed by atoms with Crippen molar-refractivity contribution in [3.8, 4) is 0 Å². The number of hydrogen-bond donors (Lipinski definition) is 2. The Hall–Kier alpha value is -2.45. The lowest BCUT2D eigenvalue weighted by molar-refractivity contribution is 0.234. The summed E-state index contributed by atoms with van der Waals surface area (Å²) in [5, 5.41) is 5.53. The number of nitrogens with one attached hydrogen (secondary N) is 2. The van der Waals surface area contributed by atoms with E-state index in [-0.39, 0.29) is 17.0 Å². The number of carbonyl (C=O) groups excluding carboxylic acids is 1. The number of rotatable bonds is 6. The molecular formula is C21H26FN3O3S. The Morgan fingerprint density at radius 2 is 1.93 bits per heavy atom. The number of nitrogens with zero attached hydrogens (tertiary/aromatic N) is 1. The normalized spacial score (nSPS) is 17.7. The summed E-state index contributed by atoms with van der Waals surface area (Å²) in [7, 11) is -3.71. The third kappa shape index (κ3) is 5.33. The first-order valence-electron chi connectivity index (χ1n) is 9.76. The van der Waals surface area contributed by atoms with Gasteiger partial charge in [0, 0.05) is 24.8 Å². The Labute approximate surface area is 171 Å². The first-order chi connectivity index (χ1) is 13.9. The molecule has 2 aromatic carbocycles. The van der Waals surface area contributed by atoms with E-state index in [1.165, 1.54) is 22.5 Å². The van der Waals surface area contributed by atoms with Crippen LogP contribution in [0.3, 0.4) is 0 Å². The monoisotopic (exact) mass is 419 g/mol. The summed E-state index contributed by atoms with van der Waals surface area (Å²) in [5.41, 5.74) is 0.998. The van der Waals surface area contributed by atoms with Gasteiger partial charge >= 0.3 is 6.03 Å². The summed E-state index contributed by atoms with van der Waals surface area (Å²) in [6.07, 6.45) is 2.98. The molecule has 3 rings (SSSR count). The molecule has 1 aliphatic heterocycles. The quantitative estimate of drug-likeness (QED) is 0.746. The van der Waals surface area contributed by atoms with Gasteiger partial charge in [-0.05, 0) is 62.1 Å². The van der Waals surface area contributed by atoms with E-state index < -0.39 is 15.8 Å². The highest BCUT2D eigenvalue weighted by Gasteiger charge is 2.33. The van der Waals surface area contributed by atoms with Gasteiger partial charge < -0.3 is 10.6 Å². The summed E-state index contributed by atoms with van der Waals surface area (Å²) in [4.78, 5) is 12.1. The lowest BCUT2D eigenvalue weighted by atomic mass is 10.0. The predicted octanol–water partition coefficient (Wildman–Crippen LogP) is 3.89. The SMILES string of the molecule is Cc1cc(S(=O)(=O)N2CCCCC2CCNC(=O)Nc2ccccc2)ccc1F. The fraction of sp³-hybridized carbons (Fsp3) is 0.381. The molecule has 2 aromatic rings. The average Bonchev–Trinajstić information content (AvgIpc) is 2.71. The second-order valence-electron chi connectivity index (χ2n) is 7.21. The van der Waals surface area contributed by atoms with Crippen LogP contribution in [-0.2, 0) is 10.0 Å². The van der Waals surface area contributed by atoms with Crippen LogP contribution in [0.1, 0.15) is 31.2 Å². The number of amides is 2. The minimum absolute atomic E-state index is 0.109. The lowest BCUT2D eigenvalue weighted by Crippen LogP contribution is -2.45. The largest absolute Gasteiger partial charge is 0.338 e. The van der Waals surface area contributed by atoms with E-state index in [9.17, 15) is 17.6 Å². The number of urea groups is 1. The zero-order chi connectivity index (χ0) is 20.9. The minimum atomic E-state index is -3.71. The number of piperidine rings is 1. The maximum atomic E-state index is 13.5. The van der Waals surface area contributed by atoms with Gasteiger partial charge in [-0.15, -0.1) is 0 Å². The standard InChI is InChI=1S/C21H26FN3O3S/c1-16-15-19(10-11-20(16)22)29(27,28)25-14-6-5-9-18(25)12-13-23-21(26)24-17-7-3-2-4-8-17/h2-4,7-8,10-11,15,18H,5-6,9,12-14H2,1H3,(H2,23,24,26). The zero-order valence-corrected chi connectivity index (χ0v) is 17.2. The molecule has 0 spiro atoms. The van der Waals surface area contributed by atoms with E-state index >= 15 is 0 Å². The number of carbonyl (C=O) groups is 1. The molecule has 156 valence electrons. The van der Waals surface area contributed by atoms with Gasteiger partial charge in [-0.3, -0.25) is 0 Å². The van der Waals surface area contributed by atoms with Crippen molar-refractivity contribution in [2.75, 3.05) is 18.4 Å². The van der Waals surface area contributed by atoms with Gasteiger partial charge in [0.15, 0.2) is 0 Å². The Morgan fingerprint density at radius 1 is 1.17 bits per heavy atom. The molecule has 1 aliphatic rings. The molecule has 1 heterocycles. The molecule has 8 heteroatoms. The summed E-state index contributed by atoms with van der Waals surface area (Å²) >= 11 is 0. The van der Waals surface area contributed by atoms with Crippen molar-refractivity contribution in [1.82, 2.24) is 9.62 Å². The summed E-state index contributed by atoms with van der Waals surface area (Å²) < 4.78 is 41.3. The number of hydrogen-bond acceptors (Lipinski definition) is 3. The highest BCUT2D eigenvalue weighted by molar-refractivity contribution is 7.89. The Balaban J connectivity index is 1.62. The number of para-hydroxylation sites is 1. The summed E-state index contributed by atoms with van der Waals surface area (Å²) in [6, 6.07) is 12.5. The molecule has 6 nitrogen and oxygen atoms in total. The Bertz CT molecular complexity index is 951. The van der Waals surface area contributed by atoms with E-state index in [0.29, 0.717) is 30.8 Å². The first-order valence-corrected chi connectivity index (χ1v) is 11.2. The molecular weight excluding hydrogens is 393 g/mol. The van der Waals surface area contributed by atoms with Gasteiger partial charge in [0.05, 0.1) is 4.90 Å². The maximum absolute atomic E-state index is 13.5. The van der Waals surface area contributed by atoms with E-state index in [2.05, 4.69) is 10.6 Å². The third-order valence-electron chi connectivity index (χ3n) is 5.10. The van der Waals surface area contributed by atoms with Gasteiger partial charge in [-0.2, -0.15) is 4.31 Å². The Kier molecular flexibility index (Phi) is 6.87. The van der Waals surface area contributed by atoms with E-state index in [4.69, 9.17) is 0 Å². The molecule has 0 radical (unpaired) electrons. The van der Waals surface area contributed by atoms with Crippen molar-refractivity contribution in [3.63, 3.8) is 0 Å². The molecule has 1 atom stereocenters. The number of sulfonamides is 1.